The van der Waals surface area contributed by atoms with Gasteiger partial charge in [-0.3, -0.25) is 9.59 Å². The van der Waals surface area contributed by atoms with E-state index in [4.69, 9.17) is 0 Å². The fourth-order valence-electron chi connectivity index (χ4n) is 4.39. The van der Waals surface area contributed by atoms with Crippen molar-refractivity contribution in [2.75, 3.05) is 13.1 Å². The Morgan fingerprint density at radius 3 is 2.83 bits per heavy atom. The third-order valence-electron chi connectivity index (χ3n) is 6.22. The molecule has 2 atom stereocenters. The fraction of sp³-hybridized carbons (Fsp3) is 0.423. The van der Waals surface area contributed by atoms with Crippen molar-refractivity contribution in [1.29, 1.82) is 0 Å². The van der Waals surface area contributed by atoms with Gasteiger partial charge >= 0.3 is 0 Å². The maximum Gasteiger partial charge on any atom is 0.255 e. The Morgan fingerprint density at radius 1 is 1.26 bits per heavy atom. The summed E-state index contributed by atoms with van der Waals surface area (Å²) in [5.41, 5.74) is 3.15. The SMILES string of the molecule is O=C(CC1SC(c2ccc(F)c(Br)c2)N(CCC2=CC=CC=[N+]2)C1=O)NCCC1=CCCCC1.[Cl-]. The van der Waals surface area contributed by atoms with E-state index in [9.17, 15) is 14.0 Å². The van der Waals surface area contributed by atoms with Gasteiger partial charge in [0.2, 0.25) is 18.0 Å². The van der Waals surface area contributed by atoms with Crippen LogP contribution >= 0.6 is 27.7 Å². The lowest BCUT2D eigenvalue weighted by atomic mass is 9.97. The topological polar surface area (TPSA) is 63.5 Å². The Labute approximate surface area is 224 Å². The Hall–Kier alpha value is -1.90. The standard InChI is InChI=1S/C26H29BrFN3O2S.ClH/c27-21-16-19(9-10-22(21)28)26-31(15-12-20-8-4-5-13-29-20)25(33)23(34-26)17-24(32)30-14-11-18-6-2-1-3-7-18;/h4-6,8-10,13,16,23,26H,1-3,7,11-12,14-15,17H2,(H,30,32);1H/q+1;/p-1. The highest BCUT2D eigenvalue weighted by Gasteiger charge is 2.42. The van der Waals surface area contributed by atoms with Crippen LogP contribution in [0.4, 0.5) is 4.39 Å². The molecule has 2 unspecified atom stereocenters. The van der Waals surface area contributed by atoms with Gasteiger partial charge in [0.1, 0.15) is 11.2 Å². The maximum absolute atomic E-state index is 13.8. The second kappa shape index (κ2) is 13.4. The number of hydrogen-bond acceptors (Lipinski definition) is 4. The minimum atomic E-state index is -0.466. The van der Waals surface area contributed by atoms with Crippen molar-refractivity contribution < 1.29 is 26.4 Å². The van der Waals surface area contributed by atoms with Crippen LogP contribution < -0.4 is 22.7 Å². The van der Waals surface area contributed by atoms with E-state index in [1.54, 1.807) is 23.2 Å². The zero-order valence-electron chi connectivity index (χ0n) is 19.4. The highest BCUT2D eigenvalue weighted by molar-refractivity contribution is 9.10. The quantitative estimate of drug-likeness (QED) is 0.455. The zero-order valence-corrected chi connectivity index (χ0v) is 22.5. The number of nitrogens with one attached hydrogen (secondary N) is 1. The number of benzene rings is 1. The Balaban J connectivity index is 0.00000342. The van der Waals surface area contributed by atoms with Crippen LogP contribution in [-0.2, 0) is 9.59 Å². The van der Waals surface area contributed by atoms with Crippen LogP contribution in [0.2, 0.25) is 0 Å². The highest BCUT2D eigenvalue weighted by atomic mass is 79.9. The summed E-state index contributed by atoms with van der Waals surface area (Å²) in [5.74, 6) is -0.508. The lowest BCUT2D eigenvalue weighted by Gasteiger charge is -2.23. The normalized spacial score (nSPS) is 21.4. The molecule has 2 aliphatic heterocycles. The van der Waals surface area contributed by atoms with Crippen LogP contribution in [-0.4, -0.2) is 41.3 Å². The predicted octanol–water partition coefficient (Wildman–Crippen LogP) is 2.18. The number of carbonyl (C=O) groups excluding carboxylic acids is 2. The average molecular weight is 582 g/mol. The Morgan fingerprint density at radius 2 is 2.11 bits per heavy atom. The number of rotatable bonds is 9. The average Bonchev–Trinajstić information content (AvgIpc) is 3.15. The molecule has 1 aliphatic carbocycles. The maximum atomic E-state index is 13.8. The number of nitrogens with zero attached hydrogens (tertiary/aromatic N) is 2. The molecule has 1 aromatic carbocycles. The van der Waals surface area contributed by atoms with Gasteiger partial charge in [0.05, 0.1) is 21.1 Å². The molecule has 1 radical (unpaired) electrons. The number of halogens is 3. The molecule has 3 aliphatic rings. The van der Waals surface area contributed by atoms with E-state index < -0.39 is 5.25 Å². The van der Waals surface area contributed by atoms with Crippen LogP contribution in [0.15, 0.2) is 58.2 Å². The first-order valence-corrected chi connectivity index (χ1v) is 13.5. The Bertz CT molecular complexity index is 1060. The molecule has 4 rings (SSSR count). The Kier molecular flexibility index (Phi) is 10.6. The van der Waals surface area contributed by atoms with Crippen molar-refractivity contribution in [1.82, 2.24) is 15.2 Å². The summed E-state index contributed by atoms with van der Waals surface area (Å²) in [5, 5.41) is 2.24. The summed E-state index contributed by atoms with van der Waals surface area (Å²) >= 11 is 4.71. The number of hydrogen-bond donors (Lipinski definition) is 1. The first-order valence-electron chi connectivity index (χ1n) is 11.8. The van der Waals surface area contributed by atoms with E-state index in [0.717, 1.165) is 30.5 Å². The summed E-state index contributed by atoms with van der Waals surface area (Å²) in [6.07, 6.45) is 16.1. The van der Waals surface area contributed by atoms with Gasteiger partial charge in [0.25, 0.3) is 5.70 Å². The molecule has 9 heteroatoms. The summed E-state index contributed by atoms with van der Waals surface area (Å²) in [7, 11) is 0. The molecule has 1 aromatic rings. The van der Waals surface area contributed by atoms with Gasteiger partial charge in [0, 0.05) is 31.7 Å². The largest absolute Gasteiger partial charge is 1.00 e. The summed E-state index contributed by atoms with van der Waals surface area (Å²) in [6, 6.07) is 4.83. The lowest BCUT2D eigenvalue weighted by molar-refractivity contribution is -0.132. The molecule has 1 fully saturated rings. The third kappa shape index (κ3) is 7.54. The smallest absolute Gasteiger partial charge is 0.255 e. The first kappa shape index (κ1) is 27.7. The lowest BCUT2D eigenvalue weighted by Crippen LogP contribution is -3.00. The molecule has 1 N–H and O–H groups in total. The predicted molar refractivity (Wildman–Crippen MR) is 139 cm³/mol. The van der Waals surface area contributed by atoms with Gasteiger partial charge in [-0.2, -0.15) is 0 Å². The van der Waals surface area contributed by atoms with Crippen molar-refractivity contribution in [2.24, 2.45) is 0 Å². The molecule has 0 aromatic heterocycles. The van der Waals surface area contributed by atoms with Gasteiger partial charge < -0.3 is 22.6 Å². The molecule has 1 saturated heterocycles. The van der Waals surface area contributed by atoms with Crippen LogP contribution in [0.1, 0.15) is 55.9 Å². The molecule has 35 heavy (non-hydrogen) atoms. The van der Waals surface area contributed by atoms with E-state index >= 15 is 0 Å². The molecular formula is C26H29BrClFN3O2S. The van der Waals surface area contributed by atoms with Gasteiger partial charge in [-0.1, -0.05) is 17.7 Å². The summed E-state index contributed by atoms with van der Waals surface area (Å²) < 4.78 is 14.2. The summed E-state index contributed by atoms with van der Waals surface area (Å²) in [4.78, 5) is 32.1. The van der Waals surface area contributed by atoms with E-state index in [0.29, 0.717) is 24.0 Å². The molecule has 5 nitrogen and oxygen atoms in total. The molecule has 2 amide bonds. The number of carbonyl (C=O) groups is 2. The van der Waals surface area contributed by atoms with Crippen molar-refractivity contribution in [3.05, 3.63) is 69.6 Å². The van der Waals surface area contributed by atoms with Crippen LogP contribution in [0.5, 0.6) is 0 Å². The van der Waals surface area contributed by atoms with Gasteiger partial charge in [-0.25, -0.2) is 4.39 Å². The van der Waals surface area contributed by atoms with Crippen LogP contribution in [0.3, 0.4) is 0 Å². The number of aliphatic imine (C=N–C) groups is 1. The van der Waals surface area contributed by atoms with E-state index in [2.05, 4.69) is 32.3 Å². The fourth-order valence-corrected chi connectivity index (χ4v) is 6.26. The molecule has 0 spiro atoms. The summed E-state index contributed by atoms with van der Waals surface area (Å²) in [6.45, 7) is 1.09. The van der Waals surface area contributed by atoms with Crippen LogP contribution in [0, 0.1) is 5.82 Å². The van der Waals surface area contributed by atoms with Crippen molar-refractivity contribution in [2.45, 2.75) is 55.6 Å². The molecular weight excluding hydrogens is 553 g/mol. The van der Waals surface area contributed by atoms with Crippen molar-refractivity contribution in [3.8, 4) is 0 Å². The minimum absolute atomic E-state index is 0. The van der Waals surface area contributed by atoms with E-state index in [1.165, 1.54) is 36.2 Å². The number of thioether (sulfide) groups is 1. The molecule has 0 bridgehead atoms. The van der Waals surface area contributed by atoms with Crippen LogP contribution in [0.25, 0.3) is 0 Å². The van der Waals surface area contributed by atoms with Crippen molar-refractivity contribution in [3.63, 3.8) is 0 Å². The zero-order chi connectivity index (χ0) is 23.9. The van der Waals surface area contributed by atoms with E-state index in [1.807, 2.05) is 18.2 Å². The van der Waals surface area contributed by atoms with Crippen molar-refractivity contribution >= 4 is 45.7 Å². The van der Waals surface area contributed by atoms with E-state index in [-0.39, 0.29) is 41.8 Å². The number of allylic oxidation sites excluding steroid dienone is 4. The first-order chi connectivity index (χ1) is 16.5. The molecule has 187 valence electrons. The number of amides is 2. The molecule has 2 heterocycles. The van der Waals surface area contributed by atoms with Gasteiger partial charge in [0.15, 0.2) is 0 Å². The van der Waals surface area contributed by atoms with Gasteiger partial charge in [-0.05, 0) is 71.8 Å². The highest BCUT2D eigenvalue weighted by Crippen LogP contribution is 2.45. The molecule has 0 saturated carbocycles. The van der Waals surface area contributed by atoms with Gasteiger partial charge in [-0.15, -0.1) is 11.8 Å². The third-order valence-corrected chi connectivity index (χ3v) is 8.31. The monoisotopic (exact) mass is 580 g/mol. The second-order valence-electron chi connectivity index (χ2n) is 8.67. The minimum Gasteiger partial charge on any atom is -1.00 e. The second-order valence-corrected chi connectivity index (χ2v) is 10.8.